The van der Waals surface area contributed by atoms with Crippen molar-refractivity contribution in [2.45, 2.75) is 31.3 Å². The van der Waals surface area contributed by atoms with Crippen LogP contribution in [0.5, 0.6) is 0 Å². The second kappa shape index (κ2) is 9.51. The molecule has 0 radical (unpaired) electrons. The number of carbonyl (C=O) groups excluding carboxylic acids is 1. The van der Waals surface area contributed by atoms with Gasteiger partial charge in [0.25, 0.3) is 0 Å². The molecule has 1 unspecified atom stereocenters. The summed E-state index contributed by atoms with van der Waals surface area (Å²) in [7, 11) is 0. The molecule has 1 fully saturated rings. The third kappa shape index (κ3) is 4.57. The fourth-order valence-electron chi connectivity index (χ4n) is 4.24. The molecule has 2 N–H and O–H groups in total. The molecular formula is C28H24ClN3O4. The molecule has 1 aromatic heterocycles. The maximum Gasteiger partial charge on any atom is 0.413 e. The maximum absolute atomic E-state index is 12.5. The molecule has 4 aromatic rings. The number of benzene rings is 3. The van der Waals surface area contributed by atoms with E-state index in [0.717, 1.165) is 22.3 Å². The molecule has 1 amide bonds. The largest absolute Gasteiger partial charge is 0.481 e. The number of ether oxygens (including phenoxy) is 1. The van der Waals surface area contributed by atoms with Crippen LogP contribution in [0.2, 0.25) is 5.02 Å². The Bertz CT molecular complexity index is 1400. The van der Waals surface area contributed by atoms with Gasteiger partial charge in [0.15, 0.2) is 5.82 Å². The molecule has 8 heteroatoms. The number of anilines is 1. The molecule has 1 heterocycles. The van der Waals surface area contributed by atoms with Crippen molar-refractivity contribution in [3.63, 3.8) is 0 Å². The topological polar surface area (TPSA) is 93.5 Å². The molecule has 7 nitrogen and oxygen atoms in total. The number of aromatic nitrogens is 2. The van der Waals surface area contributed by atoms with Gasteiger partial charge in [-0.1, -0.05) is 78.3 Å². The predicted molar refractivity (Wildman–Crippen MR) is 138 cm³/mol. The van der Waals surface area contributed by atoms with Crippen LogP contribution in [0.1, 0.15) is 37.0 Å². The van der Waals surface area contributed by atoms with E-state index in [9.17, 15) is 14.7 Å². The van der Waals surface area contributed by atoms with E-state index in [0.29, 0.717) is 24.3 Å². The number of carboxylic acid groups (broad SMARTS) is 1. The van der Waals surface area contributed by atoms with Crippen LogP contribution >= 0.6 is 11.6 Å². The monoisotopic (exact) mass is 501 g/mol. The Morgan fingerprint density at radius 1 is 1.00 bits per heavy atom. The van der Waals surface area contributed by atoms with Crippen molar-refractivity contribution in [3.05, 3.63) is 101 Å². The molecule has 3 aromatic carbocycles. The van der Waals surface area contributed by atoms with Gasteiger partial charge >= 0.3 is 12.1 Å². The Balaban J connectivity index is 1.30. The molecule has 0 bridgehead atoms. The van der Waals surface area contributed by atoms with Gasteiger partial charge in [-0.15, -0.1) is 0 Å². The quantitative estimate of drug-likeness (QED) is 0.297. The van der Waals surface area contributed by atoms with Crippen LogP contribution in [-0.4, -0.2) is 26.9 Å². The van der Waals surface area contributed by atoms with Gasteiger partial charge in [-0.3, -0.25) is 10.1 Å². The van der Waals surface area contributed by atoms with Crippen LogP contribution in [0.3, 0.4) is 0 Å². The molecule has 1 saturated carbocycles. The Labute approximate surface area is 213 Å². The number of carbonyl (C=O) groups is 2. The molecule has 182 valence electrons. The summed E-state index contributed by atoms with van der Waals surface area (Å²) in [5.41, 5.74) is 3.65. The van der Waals surface area contributed by atoms with E-state index in [2.05, 4.69) is 10.4 Å². The summed E-state index contributed by atoms with van der Waals surface area (Å²) < 4.78 is 7.03. The van der Waals surface area contributed by atoms with Gasteiger partial charge in [-0.25, -0.2) is 9.48 Å². The number of amides is 1. The molecule has 0 spiro atoms. The summed E-state index contributed by atoms with van der Waals surface area (Å²) in [5.74, 6) is -0.456. The van der Waals surface area contributed by atoms with E-state index >= 15 is 0 Å². The number of hydrogen-bond acceptors (Lipinski definition) is 4. The van der Waals surface area contributed by atoms with Crippen LogP contribution in [-0.2, 0) is 14.9 Å². The summed E-state index contributed by atoms with van der Waals surface area (Å²) in [6, 6.07) is 24.7. The lowest BCUT2D eigenvalue weighted by Gasteiger charge is -2.15. The fourth-order valence-corrected chi connectivity index (χ4v) is 4.41. The fraction of sp³-hybridized carbons (Fsp3) is 0.179. The summed E-state index contributed by atoms with van der Waals surface area (Å²) in [6.07, 6.45) is 1.75. The van der Waals surface area contributed by atoms with E-state index in [1.165, 1.54) is 10.9 Å². The summed E-state index contributed by atoms with van der Waals surface area (Å²) >= 11 is 6.30. The SMILES string of the molecule is CC(OC(=O)Nc1c(Cl)cnn1-c1ccc(-c2ccc(C3(C(=O)O)CC3)cc2)cc1)c1ccccc1. The highest BCUT2D eigenvalue weighted by atomic mass is 35.5. The smallest absolute Gasteiger partial charge is 0.413 e. The number of carboxylic acids is 1. The molecule has 5 rings (SSSR count). The molecule has 1 aliphatic carbocycles. The Kier molecular flexibility index (Phi) is 6.24. The van der Waals surface area contributed by atoms with Gasteiger partial charge in [-0.2, -0.15) is 5.10 Å². The molecule has 0 aliphatic heterocycles. The van der Waals surface area contributed by atoms with Crippen molar-refractivity contribution >= 4 is 29.5 Å². The zero-order valence-electron chi connectivity index (χ0n) is 19.5. The van der Waals surface area contributed by atoms with Gasteiger partial charge in [0.2, 0.25) is 0 Å². The highest BCUT2D eigenvalue weighted by molar-refractivity contribution is 6.33. The number of nitrogens with zero attached hydrogens (tertiary/aromatic N) is 2. The zero-order chi connectivity index (χ0) is 25.3. The minimum Gasteiger partial charge on any atom is -0.481 e. The first-order valence-electron chi connectivity index (χ1n) is 11.6. The van der Waals surface area contributed by atoms with Gasteiger partial charge in [0, 0.05) is 0 Å². The van der Waals surface area contributed by atoms with Crippen molar-refractivity contribution in [2.75, 3.05) is 5.32 Å². The van der Waals surface area contributed by atoms with Crippen molar-refractivity contribution < 1.29 is 19.4 Å². The number of nitrogens with one attached hydrogen (secondary N) is 1. The molecule has 1 aliphatic rings. The van der Waals surface area contributed by atoms with Gasteiger partial charge in [0.05, 0.1) is 17.3 Å². The van der Waals surface area contributed by atoms with Gasteiger partial charge in [-0.05, 0) is 54.2 Å². The lowest BCUT2D eigenvalue weighted by Crippen LogP contribution is -2.19. The van der Waals surface area contributed by atoms with Crippen LogP contribution in [0.25, 0.3) is 16.8 Å². The van der Waals surface area contributed by atoms with E-state index in [1.807, 2.05) is 78.9 Å². The molecule has 0 saturated heterocycles. The molecule has 36 heavy (non-hydrogen) atoms. The molecule has 1 atom stereocenters. The van der Waals surface area contributed by atoms with Crippen molar-refractivity contribution in [3.8, 4) is 16.8 Å². The van der Waals surface area contributed by atoms with Crippen LogP contribution in [0, 0.1) is 0 Å². The predicted octanol–water partition coefficient (Wildman–Crippen LogP) is 6.62. The first-order chi connectivity index (χ1) is 17.4. The van der Waals surface area contributed by atoms with Crippen molar-refractivity contribution in [1.29, 1.82) is 0 Å². The van der Waals surface area contributed by atoms with Crippen LogP contribution in [0.15, 0.2) is 85.1 Å². The minimum absolute atomic E-state index is 0.284. The van der Waals surface area contributed by atoms with E-state index < -0.39 is 23.6 Å². The normalized spacial score (nSPS) is 14.6. The van der Waals surface area contributed by atoms with Crippen molar-refractivity contribution in [2.24, 2.45) is 0 Å². The average Bonchev–Trinajstić information content (AvgIpc) is 3.64. The van der Waals surface area contributed by atoms with E-state index in [1.54, 1.807) is 6.92 Å². The maximum atomic E-state index is 12.5. The van der Waals surface area contributed by atoms with E-state index in [-0.39, 0.29) is 5.02 Å². The minimum atomic E-state index is -0.764. The summed E-state index contributed by atoms with van der Waals surface area (Å²) in [5, 5.41) is 16.8. The Morgan fingerprint density at radius 3 is 2.19 bits per heavy atom. The standard InChI is InChI=1S/C28H24ClN3O4/c1-18(19-5-3-2-4-6-19)36-27(35)31-25-24(29)17-30-32(25)23-13-9-21(10-14-23)20-7-11-22(12-8-20)28(15-16-28)26(33)34/h2-14,17-18H,15-16H2,1H3,(H,31,35)(H,33,34). The van der Waals surface area contributed by atoms with Gasteiger partial charge in [0.1, 0.15) is 11.1 Å². The first-order valence-corrected chi connectivity index (χ1v) is 12.0. The van der Waals surface area contributed by atoms with Crippen LogP contribution < -0.4 is 5.32 Å². The number of halogens is 1. The van der Waals surface area contributed by atoms with Gasteiger partial charge < -0.3 is 9.84 Å². The number of hydrogen-bond donors (Lipinski definition) is 2. The first kappa shape index (κ1) is 23.6. The number of rotatable bonds is 7. The third-order valence-electron chi connectivity index (χ3n) is 6.54. The summed E-state index contributed by atoms with van der Waals surface area (Å²) in [4.78, 5) is 24.1. The highest BCUT2D eigenvalue weighted by Gasteiger charge is 2.51. The Morgan fingerprint density at radius 2 is 1.61 bits per heavy atom. The Hall–Kier alpha value is -4.10. The highest BCUT2D eigenvalue weighted by Crippen LogP contribution is 2.48. The number of aliphatic carboxylic acids is 1. The lowest BCUT2D eigenvalue weighted by molar-refractivity contribution is -0.140. The lowest BCUT2D eigenvalue weighted by atomic mass is 9.94. The third-order valence-corrected chi connectivity index (χ3v) is 6.82. The van der Waals surface area contributed by atoms with Crippen molar-refractivity contribution in [1.82, 2.24) is 9.78 Å². The zero-order valence-corrected chi connectivity index (χ0v) is 20.3. The average molecular weight is 502 g/mol. The molecular weight excluding hydrogens is 478 g/mol. The summed E-state index contributed by atoms with van der Waals surface area (Å²) in [6.45, 7) is 1.80. The van der Waals surface area contributed by atoms with Crippen LogP contribution in [0.4, 0.5) is 10.6 Å². The van der Waals surface area contributed by atoms with E-state index in [4.69, 9.17) is 16.3 Å². The second-order valence-corrected chi connectivity index (χ2v) is 9.25. The second-order valence-electron chi connectivity index (χ2n) is 8.85.